The number of hydrogen-bond acceptors (Lipinski definition) is 4. The zero-order valence-corrected chi connectivity index (χ0v) is 13.6. The molecule has 1 N–H and O–H groups in total. The number of amides is 3. The van der Waals surface area contributed by atoms with Gasteiger partial charge in [0.1, 0.15) is 5.76 Å². The number of rotatable bonds is 5. The fraction of sp³-hybridized carbons (Fsp3) is 0.316. The van der Waals surface area contributed by atoms with Crippen molar-refractivity contribution < 1.29 is 18.8 Å². The van der Waals surface area contributed by atoms with Crippen LogP contribution in [0.1, 0.15) is 36.5 Å². The van der Waals surface area contributed by atoms with Crippen molar-refractivity contribution in [3.8, 4) is 0 Å². The molecule has 128 valence electrons. The molecule has 2 atom stereocenters. The number of imide groups is 1. The van der Waals surface area contributed by atoms with Crippen LogP contribution in [-0.2, 0) is 20.9 Å². The van der Waals surface area contributed by atoms with Crippen molar-refractivity contribution in [3.63, 3.8) is 0 Å². The average molecular weight is 338 g/mol. The monoisotopic (exact) mass is 338 g/mol. The van der Waals surface area contributed by atoms with E-state index in [1.165, 1.54) is 4.90 Å². The van der Waals surface area contributed by atoms with Crippen LogP contribution in [-0.4, -0.2) is 22.6 Å². The molecular weight excluding hydrogens is 320 g/mol. The Morgan fingerprint density at radius 1 is 1.12 bits per heavy atom. The van der Waals surface area contributed by atoms with E-state index >= 15 is 0 Å². The van der Waals surface area contributed by atoms with E-state index in [1.54, 1.807) is 12.3 Å². The number of para-hydroxylation sites is 1. The van der Waals surface area contributed by atoms with Crippen molar-refractivity contribution in [1.29, 1.82) is 0 Å². The Bertz CT molecular complexity index is 812. The molecule has 2 aliphatic rings. The summed E-state index contributed by atoms with van der Waals surface area (Å²) in [6.07, 6.45) is 2.91. The van der Waals surface area contributed by atoms with Crippen LogP contribution in [0.15, 0.2) is 47.1 Å². The molecule has 2 heterocycles. The maximum atomic E-state index is 12.5. The number of carbonyl (C=O) groups excluding carboxylic acids is 3. The van der Waals surface area contributed by atoms with E-state index in [2.05, 4.69) is 5.32 Å². The van der Waals surface area contributed by atoms with Crippen LogP contribution in [0, 0.1) is 5.92 Å². The number of carbonyl (C=O) groups is 3. The minimum absolute atomic E-state index is 0.0621. The third-order valence-electron chi connectivity index (χ3n) is 4.79. The van der Waals surface area contributed by atoms with Crippen LogP contribution < -0.4 is 5.32 Å². The van der Waals surface area contributed by atoms with Crippen molar-refractivity contribution in [2.75, 3.05) is 5.32 Å². The molecule has 4 rings (SSSR count). The summed E-state index contributed by atoms with van der Waals surface area (Å²) in [6.45, 7) is 0.195. The minimum Gasteiger partial charge on any atom is -0.469 e. The lowest BCUT2D eigenvalue weighted by molar-refractivity contribution is -0.139. The van der Waals surface area contributed by atoms with E-state index in [0.29, 0.717) is 5.69 Å². The van der Waals surface area contributed by atoms with Crippen molar-refractivity contribution in [1.82, 2.24) is 4.90 Å². The summed E-state index contributed by atoms with van der Waals surface area (Å²) in [7, 11) is 0. The first-order valence-corrected chi connectivity index (χ1v) is 8.39. The van der Waals surface area contributed by atoms with Crippen LogP contribution in [0.2, 0.25) is 0 Å². The Morgan fingerprint density at radius 3 is 2.60 bits per heavy atom. The first-order valence-electron chi connectivity index (χ1n) is 8.39. The van der Waals surface area contributed by atoms with Gasteiger partial charge in [0.25, 0.3) is 0 Å². The molecule has 1 aliphatic carbocycles. The maximum Gasteiger partial charge on any atom is 0.229 e. The Hall–Kier alpha value is -2.89. The summed E-state index contributed by atoms with van der Waals surface area (Å²) in [5, 5.41) is 2.94. The zero-order chi connectivity index (χ0) is 17.4. The predicted molar refractivity (Wildman–Crippen MR) is 89.4 cm³/mol. The number of hydrogen-bond donors (Lipinski definition) is 1. The van der Waals surface area contributed by atoms with Crippen LogP contribution in [0.5, 0.6) is 0 Å². The highest BCUT2D eigenvalue weighted by Gasteiger charge is 2.46. The van der Waals surface area contributed by atoms with Gasteiger partial charge in [-0.3, -0.25) is 19.3 Å². The zero-order valence-electron chi connectivity index (χ0n) is 13.6. The minimum atomic E-state index is -0.161. The quantitative estimate of drug-likeness (QED) is 0.850. The van der Waals surface area contributed by atoms with Crippen LogP contribution in [0.25, 0.3) is 0 Å². The van der Waals surface area contributed by atoms with E-state index < -0.39 is 0 Å². The maximum absolute atomic E-state index is 12.5. The molecule has 0 unspecified atom stereocenters. The standard InChI is InChI=1S/C19H18N2O4/c22-17-7-8-18(23)21(17)11-12-4-1-2-5-15(12)20-19(24)14-10-13(14)16-6-3-9-25-16/h1-6,9,13-14H,7-8,10-11H2,(H,20,24)/t13-,14-/m1/s1. The lowest BCUT2D eigenvalue weighted by Crippen LogP contribution is -2.29. The number of anilines is 1. The van der Waals surface area contributed by atoms with Gasteiger partial charge in [-0.25, -0.2) is 0 Å². The molecule has 3 amide bonds. The second-order valence-electron chi connectivity index (χ2n) is 6.48. The van der Waals surface area contributed by atoms with Gasteiger partial charge in [0.05, 0.1) is 12.8 Å². The highest BCUT2D eigenvalue weighted by molar-refractivity contribution is 6.02. The van der Waals surface area contributed by atoms with E-state index in [1.807, 2.05) is 30.3 Å². The van der Waals surface area contributed by atoms with Gasteiger partial charge in [0.2, 0.25) is 17.7 Å². The first kappa shape index (κ1) is 15.6. The van der Waals surface area contributed by atoms with Crippen LogP contribution >= 0.6 is 0 Å². The topological polar surface area (TPSA) is 79.6 Å². The highest BCUT2D eigenvalue weighted by atomic mass is 16.3. The third-order valence-corrected chi connectivity index (χ3v) is 4.79. The second-order valence-corrected chi connectivity index (χ2v) is 6.48. The molecule has 25 heavy (non-hydrogen) atoms. The number of nitrogens with one attached hydrogen (secondary N) is 1. The lowest BCUT2D eigenvalue weighted by Gasteiger charge is -2.17. The Labute approximate surface area is 144 Å². The second kappa shape index (κ2) is 6.20. The number of likely N-dealkylation sites (tertiary alicyclic amines) is 1. The van der Waals surface area contributed by atoms with Gasteiger partial charge in [-0.05, 0) is 30.2 Å². The summed E-state index contributed by atoms with van der Waals surface area (Å²) in [5.41, 5.74) is 1.40. The van der Waals surface area contributed by atoms with Gasteiger partial charge in [-0.2, -0.15) is 0 Å². The molecule has 2 aromatic rings. The van der Waals surface area contributed by atoms with Gasteiger partial charge in [0.15, 0.2) is 0 Å². The summed E-state index contributed by atoms with van der Waals surface area (Å²) < 4.78 is 5.36. The average Bonchev–Trinajstić information content (AvgIpc) is 3.11. The van der Waals surface area contributed by atoms with E-state index in [9.17, 15) is 14.4 Å². The first-order chi connectivity index (χ1) is 12.1. The van der Waals surface area contributed by atoms with Crippen molar-refractivity contribution >= 4 is 23.4 Å². The van der Waals surface area contributed by atoms with Crippen LogP contribution in [0.4, 0.5) is 5.69 Å². The Balaban J connectivity index is 1.45. The molecule has 0 spiro atoms. The largest absolute Gasteiger partial charge is 0.469 e. The van der Waals surface area contributed by atoms with E-state index in [-0.39, 0.29) is 48.9 Å². The highest BCUT2D eigenvalue weighted by Crippen LogP contribution is 2.48. The fourth-order valence-corrected chi connectivity index (χ4v) is 3.28. The van der Waals surface area contributed by atoms with E-state index in [0.717, 1.165) is 17.7 Å². The third kappa shape index (κ3) is 3.07. The molecule has 2 fully saturated rings. The van der Waals surface area contributed by atoms with Gasteiger partial charge in [-0.1, -0.05) is 18.2 Å². The number of benzene rings is 1. The lowest BCUT2D eigenvalue weighted by atomic mass is 10.1. The van der Waals surface area contributed by atoms with Gasteiger partial charge < -0.3 is 9.73 Å². The summed E-state index contributed by atoms with van der Waals surface area (Å²) in [5.74, 6) is 0.477. The smallest absolute Gasteiger partial charge is 0.229 e. The number of nitrogens with zero attached hydrogens (tertiary/aromatic N) is 1. The van der Waals surface area contributed by atoms with Crippen molar-refractivity contribution in [2.24, 2.45) is 5.92 Å². The molecule has 6 nitrogen and oxygen atoms in total. The number of furan rings is 1. The molecule has 1 aliphatic heterocycles. The fourth-order valence-electron chi connectivity index (χ4n) is 3.28. The molecule has 0 bridgehead atoms. The summed E-state index contributed by atoms with van der Waals surface area (Å²) in [6, 6.07) is 11.0. The van der Waals surface area contributed by atoms with Gasteiger partial charge in [-0.15, -0.1) is 0 Å². The van der Waals surface area contributed by atoms with Crippen molar-refractivity contribution in [2.45, 2.75) is 31.7 Å². The molecule has 1 aromatic heterocycles. The Morgan fingerprint density at radius 2 is 1.88 bits per heavy atom. The molecule has 1 aromatic carbocycles. The normalized spacial score (nSPS) is 22.3. The Kier molecular flexibility index (Phi) is 3.87. The van der Waals surface area contributed by atoms with Crippen molar-refractivity contribution in [3.05, 3.63) is 54.0 Å². The van der Waals surface area contributed by atoms with Crippen LogP contribution in [0.3, 0.4) is 0 Å². The molecule has 0 radical (unpaired) electrons. The SMILES string of the molecule is O=C(Nc1ccccc1CN1C(=O)CCC1=O)[C@@H]1C[C@H]1c1ccco1. The predicted octanol–water partition coefficient (Wildman–Crippen LogP) is 2.67. The molecule has 1 saturated heterocycles. The van der Waals surface area contributed by atoms with Gasteiger partial charge in [0, 0.05) is 30.4 Å². The van der Waals surface area contributed by atoms with E-state index in [4.69, 9.17) is 4.42 Å². The summed E-state index contributed by atoms with van der Waals surface area (Å²) >= 11 is 0. The molecule has 1 saturated carbocycles. The van der Waals surface area contributed by atoms with Gasteiger partial charge >= 0.3 is 0 Å². The summed E-state index contributed by atoms with van der Waals surface area (Å²) in [4.78, 5) is 37.4. The molecule has 6 heteroatoms. The molecular formula is C19H18N2O4.